The Labute approximate surface area is 109 Å². The lowest BCUT2D eigenvalue weighted by Crippen LogP contribution is -2.10. The van der Waals surface area contributed by atoms with Crippen molar-refractivity contribution in [1.82, 2.24) is 4.98 Å². The summed E-state index contributed by atoms with van der Waals surface area (Å²) in [4.78, 5) is 4.39. The summed E-state index contributed by atoms with van der Waals surface area (Å²) in [5.74, 6) is 0.518. The second-order valence-electron chi connectivity index (χ2n) is 4.86. The van der Waals surface area contributed by atoms with Crippen molar-refractivity contribution in [3.63, 3.8) is 0 Å². The van der Waals surface area contributed by atoms with Crippen LogP contribution in [0.4, 0.5) is 5.69 Å². The van der Waals surface area contributed by atoms with Crippen molar-refractivity contribution in [3.8, 4) is 0 Å². The first kappa shape index (κ1) is 12.6. The molecule has 0 amide bonds. The Balaban J connectivity index is 2.19. The number of hydrogen-bond acceptors (Lipinski definition) is 2. The number of rotatable bonds is 4. The van der Waals surface area contributed by atoms with Gasteiger partial charge in [-0.15, -0.1) is 0 Å². The van der Waals surface area contributed by atoms with Crippen LogP contribution in [0.5, 0.6) is 0 Å². The second-order valence-corrected chi connectivity index (χ2v) is 4.86. The molecule has 0 aliphatic heterocycles. The predicted molar refractivity (Wildman–Crippen MR) is 76.8 cm³/mol. The van der Waals surface area contributed by atoms with Crippen LogP contribution in [0.25, 0.3) is 0 Å². The molecule has 2 nitrogen and oxygen atoms in total. The van der Waals surface area contributed by atoms with E-state index in [2.05, 4.69) is 61.4 Å². The number of aromatic nitrogens is 1. The lowest BCUT2D eigenvalue weighted by atomic mass is 10.0. The highest BCUT2D eigenvalue weighted by Crippen LogP contribution is 2.26. The van der Waals surface area contributed by atoms with Crippen molar-refractivity contribution in [2.24, 2.45) is 0 Å². The van der Waals surface area contributed by atoms with Crippen molar-refractivity contribution < 1.29 is 0 Å². The molecule has 1 N–H and O–H groups in total. The maximum absolute atomic E-state index is 4.39. The van der Waals surface area contributed by atoms with E-state index in [1.807, 2.05) is 18.3 Å². The van der Waals surface area contributed by atoms with E-state index in [1.54, 1.807) is 0 Å². The third-order valence-electron chi connectivity index (χ3n) is 3.09. The van der Waals surface area contributed by atoms with Crippen molar-refractivity contribution >= 4 is 5.69 Å². The molecule has 0 aliphatic carbocycles. The maximum atomic E-state index is 4.39. The van der Waals surface area contributed by atoms with Gasteiger partial charge >= 0.3 is 0 Å². The van der Waals surface area contributed by atoms with Gasteiger partial charge in [-0.1, -0.05) is 38.1 Å². The van der Waals surface area contributed by atoms with E-state index in [9.17, 15) is 0 Å². The topological polar surface area (TPSA) is 24.9 Å². The average molecular weight is 240 g/mol. The monoisotopic (exact) mass is 240 g/mol. The number of hydrogen-bond donors (Lipinski definition) is 1. The van der Waals surface area contributed by atoms with Gasteiger partial charge in [0.2, 0.25) is 0 Å². The number of pyridine rings is 1. The SMILES string of the molecule is CC(C)c1ccccc1NC(C)c1ccccn1. The fourth-order valence-corrected chi connectivity index (χ4v) is 2.07. The fraction of sp³-hybridized carbons (Fsp3) is 0.312. The first-order chi connectivity index (χ1) is 8.68. The van der Waals surface area contributed by atoms with Gasteiger partial charge in [-0.2, -0.15) is 0 Å². The van der Waals surface area contributed by atoms with Crippen molar-refractivity contribution in [3.05, 3.63) is 59.9 Å². The normalized spacial score (nSPS) is 12.4. The molecule has 1 aromatic heterocycles. The van der Waals surface area contributed by atoms with Crippen LogP contribution in [-0.4, -0.2) is 4.98 Å². The highest BCUT2D eigenvalue weighted by molar-refractivity contribution is 5.53. The van der Waals surface area contributed by atoms with E-state index in [1.165, 1.54) is 11.3 Å². The number of para-hydroxylation sites is 1. The van der Waals surface area contributed by atoms with Gasteiger partial charge < -0.3 is 5.32 Å². The van der Waals surface area contributed by atoms with Crippen LogP contribution in [0, 0.1) is 0 Å². The molecule has 2 heteroatoms. The second kappa shape index (κ2) is 5.67. The lowest BCUT2D eigenvalue weighted by molar-refractivity contribution is 0.819. The zero-order chi connectivity index (χ0) is 13.0. The molecular formula is C16H20N2. The molecule has 0 bridgehead atoms. The van der Waals surface area contributed by atoms with Crippen molar-refractivity contribution in [1.29, 1.82) is 0 Å². The molecule has 2 aromatic rings. The molecule has 94 valence electrons. The fourth-order valence-electron chi connectivity index (χ4n) is 2.07. The number of anilines is 1. The Morgan fingerprint density at radius 1 is 0.944 bits per heavy atom. The van der Waals surface area contributed by atoms with Crippen LogP contribution in [-0.2, 0) is 0 Å². The summed E-state index contributed by atoms with van der Waals surface area (Å²) < 4.78 is 0. The quantitative estimate of drug-likeness (QED) is 0.858. The van der Waals surface area contributed by atoms with Crippen LogP contribution in [0.1, 0.15) is 44.0 Å². The van der Waals surface area contributed by atoms with Crippen LogP contribution >= 0.6 is 0 Å². The van der Waals surface area contributed by atoms with E-state index in [0.717, 1.165) is 5.69 Å². The Bertz CT molecular complexity index is 491. The number of nitrogens with one attached hydrogen (secondary N) is 1. The molecule has 1 atom stereocenters. The van der Waals surface area contributed by atoms with Crippen molar-refractivity contribution in [2.75, 3.05) is 5.32 Å². The zero-order valence-electron chi connectivity index (χ0n) is 11.2. The van der Waals surface area contributed by atoms with Gasteiger partial charge in [-0.25, -0.2) is 0 Å². The summed E-state index contributed by atoms with van der Waals surface area (Å²) >= 11 is 0. The van der Waals surface area contributed by atoms with Crippen LogP contribution in [0.2, 0.25) is 0 Å². The molecule has 0 saturated carbocycles. The molecule has 0 aliphatic rings. The van der Waals surface area contributed by atoms with Crippen molar-refractivity contribution in [2.45, 2.75) is 32.7 Å². The minimum atomic E-state index is 0.214. The Hall–Kier alpha value is -1.83. The van der Waals surface area contributed by atoms with E-state index >= 15 is 0 Å². The number of nitrogens with zero attached hydrogens (tertiary/aromatic N) is 1. The summed E-state index contributed by atoms with van der Waals surface area (Å²) in [5, 5.41) is 3.55. The summed E-state index contributed by atoms with van der Waals surface area (Å²) in [6.07, 6.45) is 1.84. The largest absolute Gasteiger partial charge is 0.377 e. The third-order valence-corrected chi connectivity index (χ3v) is 3.09. The molecule has 18 heavy (non-hydrogen) atoms. The molecule has 2 rings (SSSR count). The summed E-state index contributed by atoms with van der Waals surface area (Å²) in [7, 11) is 0. The predicted octanol–water partition coefficient (Wildman–Crippen LogP) is 4.38. The first-order valence-electron chi connectivity index (χ1n) is 6.45. The minimum absolute atomic E-state index is 0.214. The molecule has 1 aromatic carbocycles. The molecule has 0 radical (unpaired) electrons. The van der Waals surface area contributed by atoms with Gasteiger partial charge in [-0.05, 0) is 36.6 Å². The molecule has 1 heterocycles. The smallest absolute Gasteiger partial charge is 0.0657 e. The molecule has 0 spiro atoms. The maximum Gasteiger partial charge on any atom is 0.0657 e. The molecule has 1 unspecified atom stereocenters. The minimum Gasteiger partial charge on any atom is -0.377 e. The van der Waals surface area contributed by atoms with E-state index in [0.29, 0.717) is 5.92 Å². The summed E-state index contributed by atoms with van der Waals surface area (Å²) in [5.41, 5.74) is 3.61. The van der Waals surface area contributed by atoms with Crippen LogP contribution in [0.15, 0.2) is 48.7 Å². The first-order valence-corrected chi connectivity index (χ1v) is 6.45. The highest BCUT2D eigenvalue weighted by atomic mass is 14.9. The Kier molecular flexibility index (Phi) is 3.98. The van der Waals surface area contributed by atoms with Crippen LogP contribution in [0.3, 0.4) is 0 Å². The molecular weight excluding hydrogens is 220 g/mol. The van der Waals surface area contributed by atoms with Gasteiger partial charge in [0.25, 0.3) is 0 Å². The van der Waals surface area contributed by atoms with Crippen LogP contribution < -0.4 is 5.32 Å². The standard InChI is InChI=1S/C16H20N2/c1-12(2)14-8-4-5-10-16(14)18-13(3)15-9-6-7-11-17-15/h4-13,18H,1-3H3. The van der Waals surface area contributed by atoms with E-state index in [4.69, 9.17) is 0 Å². The highest BCUT2D eigenvalue weighted by Gasteiger charge is 2.10. The molecule has 0 fully saturated rings. The van der Waals surface area contributed by atoms with Gasteiger partial charge in [0, 0.05) is 11.9 Å². The molecule has 0 saturated heterocycles. The summed E-state index contributed by atoms with van der Waals surface area (Å²) in [6, 6.07) is 14.7. The van der Waals surface area contributed by atoms with Gasteiger partial charge in [0.05, 0.1) is 11.7 Å². The number of benzene rings is 1. The van der Waals surface area contributed by atoms with E-state index < -0.39 is 0 Å². The van der Waals surface area contributed by atoms with Gasteiger partial charge in [-0.3, -0.25) is 4.98 Å². The lowest BCUT2D eigenvalue weighted by Gasteiger charge is -2.19. The third kappa shape index (κ3) is 2.89. The van der Waals surface area contributed by atoms with Gasteiger partial charge in [0.15, 0.2) is 0 Å². The Morgan fingerprint density at radius 3 is 2.33 bits per heavy atom. The Morgan fingerprint density at radius 2 is 1.67 bits per heavy atom. The summed E-state index contributed by atoms with van der Waals surface area (Å²) in [6.45, 7) is 6.57. The van der Waals surface area contributed by atoms with E-state index in [-0.39, 0.29) is 6.04 Å². The zero-order valence-corrected chi connectivity index (χ0v) is 11.2. The average Bonchev–Trinajstić information content (AvgIpc) is 2.40. The van der Waals surface area contributed by atoms with Gasteiger partial charge in [0.1, 0.15) is 0 Å².